The summed E-state index contributed by atoms with van der Waals surface area (Å²) >= 11 is 0. The molecule has 2 rings (SSSR count). The highest BCUT2D eigenvalue weighted by Crippen LogP contribution is 2.15. The summed E-state index contributed by atoms with van der Waals surface area (Å²) in [5.74, 6) is -5.03. The van der Waals surface area contributed by atoms with Crippen molar-refractivity contribution in [3.8, 4) is 0 Å². The van der Waals surface area contributed by atoms with Crippen LogP contribution in [0.1, 0.15) is 15.9 Å². The van der Waals surface area contributed by atoms with Crippen LogP contribution in [0.5, 0.6) is 0 Å². The summed E-state index contributed by atoms with van der Waals surface area (Å²) in [7, 11) is 0. The molecule has 0 aromatic heterocycles. The Bertz CT molecular complexity index is 637. The zero-order chi connectivity index (χ0) is 14.0. The third-order valence-electron chi connectivity index (χ3n) is 2.62. The van der Waals surface area contributed by atoms with Gasteiger partial charge in [0.2, 0.25) is 0 Å². The first-order valence-corrected chi connectivity index (χ1v) is 5.40. The van der Waals surface area contributed by atoms with E-state index in [1.54, 1.807) is 0 Å². The number of ketones is 1. The molecule has 0 unspecified atom stereocenters. The van der Waals surface area contributed by atoms with Gasteiger partial charge in [0.15, 0.2) is 29.1 Å². The van der Waals surface area contributed by atoms with E-state index in [1.807, 2.05) is 0 Å². The number of benzene rings is 2. The molecule has 0 saturated carbocycles. The van der Waals surface area contributed by atoms with Gasteiger partial charge in [0.1, 0.15) is 0 Å². The molecule has 0 saturated heterocycles. The zero-order valence-corrected chi connectivity index (χ0v) is 9.59. The lowest BCUT2D eigenvalue weighted by atomic mass is 10.0. The van der Waals surface area contributed by atoms with Crippen molar-refractivity contribution in [2.24, 2.45) is 0 Å². The summed E-state index contributed by atoms with van der Waals surface area (Å²) in [5.41, 5.74) is -0.225. The van der Waals surface area contributed by atoms with Gasteiger partial charge in [0.05, 0.1) is 0 Å². The fourth-order valence-corrected chi connectivity index (χ4v) is 1.63. The van der Waals surface area contributed by atoms with Crippen LogP contribution in [0.2, 0.25) is 0 Å². The number of carbonyl (C=O) groups is 1. The van der Waals surface area contributed by atoms with Crippen LogP contribution >= 0.6 is 0 Å². The predicted molar refractivity (Wildman–Crippen MR) is 60.8 cm³/mol. The molecule has 0 aliphatic carbocycles. The summed E-state index contributed by atoms with van der Waals surface area (Å²) in [6.45, 7) is 0. The normalized spacial score (nSPS) is 10.5. The molecule has 2 aromatic carbocycles. The lowest BCUT2D eigenvalue weighted by molar-refractivity contribution is 0.0991. The summed E-state index contributed by atoms with van der Waals surface area (Å²) in [5, 5.41) is 0. The molecule has 98 valence electrons. The Morgan fingerprint density at radius 3 is 2.32 bits per heavy atom. The Kier molecular flexibility index (Phi) is 3.64. The smallest absolute Gasteiger partial charge is 0.167 e. The molecule has 0 aliphatic rings. The Morgan fingerprint density at radius 2 is 1.63 bits per heavy atom. The number of hydrogen-bond acceptors (Lipinski definition) is 1. The van der Waals surface area contributed by atoms with Gasteiger partial charge in [0, 0.05) is 12.0 Å². The van der Waals surface area contributed by atoms with Crippen molar-refractivity contribution in [1.82, 2.24) is 0 Å². The highest BCUT2D eigenvalue weighted by atomic mass is 19.2. The average molecular weight is 268 g/mol. The molecule has 0 heterocycles. The van der Waals surface area contributed by atoms with E-state index in [0.717, 1.165) is 24.3 Å². The monoisotopic (exact) mass is 268 g/mol. The molecular weight excluding hydrogens is 260 g/mol. The van der Waals surface area contributed by atoms with Crippen molar-refractivity contribution >= 4 is 5.78 Å². The maximum atomic E-state index is 13.4. The highest BCUT2D eigenvalue weighted by Gasteiger charge is 2.14. The van der Waals surface area contributed by atoms with Gasteiger partial charge in [-0.15, -0.1) is 0 Å². The zero-order valence-electron chi connectivity index (χ0n) is 9.59. The van der Waals surface area contributed by atoms with E-state index in [-0.39, 0.29) is 11.1 Å². The van der Waals surface area contributed by atoms with Gasteiger partial charge >= 0.3 is 0 Å². The van der Waals surface area contributed by atoms with Crippen molar-refractivity contribution in [3.05, 3.63) is 70.8 Å². The third-order valence-corrected chi connectivity index (χ3v) is 2.62. The predicted octanol–water partition coefficient (Wildman–Crippen LogP) is 3.67. The van der Waals surface area contributed by atoms with E-state index in [9.17, 15) is 22.4 Å². The molecule has 0 aliphatic heterocycles. The minimum atomic E-state index is -1.16. The largest absolute Gasteiger partial charge is 0.294 e. The topological polar surface area (TPSA) is 17.1 Å². The molecule has 0 bridgehead atoms. The lowest BCUT2D eigenvalue weighted by Crippen LogP contribution is -2.07. The van der Waals surface area contributed by atoms with E-state index in [0.29, 0.717) is 0 Å². The van der Waals surface area contributed by atoms with E-state index in [4.69, 9.17) is 0 Å². The molecule has 2 aromatic rings. The molecule has 0 spiro atoms. The van der Waals surface area contributed by atoms with Crippen LogP contribution in [0, 0.1) is 23.3 Å². The van der Waals surface area contributed by atoms with Crippen molar-refractivity contribution < 1.29 is 22.4 Å². The van der Waals surface area contributed by atoms with Crippen LogP contribution in [-0.2, 0) is 6.42 Å². The Hall–Kier alpha value is -2.17. The summed E-state index contributed by atoms with van der Waals surface area (Å²) in [6, 6.07) is 6.10. The molecule has 0 N–H and O–H groups in total. The van der Waals surface area contributed by atoms with Gasteiger partial charge < -0.3 is 0 Å². The Labute approximate surface area is 106 Å². The second-order valence-corrected chi connectivity index (χ2v) is 3.94. The summed E-state index contributed by atoms with van der Waals surface area (Å²) in [6.07, 6.45) is -0.422. The maximum absolute atomic E-state index is 13.4. The molecule has 0 fully saturated rings. The number of carbonyl (C=O) groups excluding carboxylic acids is 1. The van der Waals surface area contributed by atoms with Crippen LogP contribution in [0.25, 0.3) is 0 Å². The number of Topliss-reactive ketones (excluding diaryl/α,β-unsaturated/α-hetero) is 1. The average Bonchev–Trinajstić information content (AvgIpc) is 2.38. The van der Waals surface area contributed by atoms with Crippen molar-refractivity contribution in [2.45, 2.75) is 6.42 Å². The summed E-state index contributed by atoms with van der Waals surface area (Å²) in [4.78, 5) is 11.8. The standard InChI is InChI=1S/C14H8F4O/c15-10-5-4-8(6-12(10)17)13(19)7-9-2-1-3-11(16)14(9)18/h1-6H,7H2. The quantitative estimate of drug-likeness (QED) is 0.613. The van der Waals surface area contributed by atoms with E-state index >= 15 is 0 Å². The second kappa shape index (κ2) is 5.22. The molecule has 19 heavy (non-hydrogen) atoms. The first-order chi connectivity index (χ1) is 8.99. The minimum Gasteiger partial charge on any atom is -0.294 e. The van der Waals surface area contributed by atoms with E-state index < -0.39 is 35.5 Å². The second-order valence-electron chi connectivity index (χ2n) is 3.94. The molecule has 0 amide bonds. The molecule has 0 radical (unpaired) electrons. The Morgan fingerprint density at radius 1 is 0.895 bits per heavy atom. The molecule has 1 nitrogen and oxygen atoms in total. The fraction of sp³-hybridized carbons (Fsp3) is 0.0714. The van der Waals surface area contributed by atoms with Crippen LogP contribution < -0.4 is 0 Å². The minimum absolute atomic E-state index is 0.0949. The van der Waals surface area contributed by atoms with Crippen molar-refractivity contribution in [1.29, 1.82) is 0 Å². The van der Waals surface area contributed by atoms with Crippen LogP contribution in [0.15, 0.2) is 36.4 Å². The van der Waals surface area contributed by atoms with Gasteiger partial charge in [-0.2, -0.15) is 0 Å². The van der Waals surface area contributed by atoms with Crippen LogP contribution in [0.3, 0.4) is 0 Å². The molecule has 5 heteroatoms. The lowest BCUT2D eigenvalue weighted by Gasteiger charge is -2.04. The number of halogens is 4. The first kappa shape index (κ1) is 13.3. The Balaban J connectivity index is 2.26. The molecule has 0 atom stereocenters. The number of hydrogen-bond donors (Lipinski definition) is 0. The van der Waals surface area contributed by atoms with Gasteiger partial charge in [-0.25, -0.2) is 17.6 Å². The van der Waals surface area contributed by atoms with Crippen LogP contribution in [-0.4, -0.2) is 5.78 Å². The van der Waals surface area contributed by atoms with Gasteiger partial charge in [-0.3, -0.25) is 4.79 Å². The fourth-order valence-electron chi connectivity index (χ4n) is 1.63. The van der Waals surface area contributed by atoms with Crippen molar-refractivity contribution in [3.63, 3.8) is 0 Å². The number of rotatable bonds is 3. The van der Waals surface area contributed by atoms with Gasteiger partial charge in [-0.05, 0) is 29.8 Å². The SMILES string of the molecule is O=C(Cc1cccc(F)c1F)c1ccc(F)c(F)c1. The summed E-state index contributed by atoms with van der Waals surface area (Å²) < 4.78 is 52.0. The van der Waals surface area contributed by atoms with Gasteiger partial charge in [0.25, 0.3) is 0 Å². The highest BCUT2D eigenvalue weighted by molar-refractivity contribution is 5.97. The maximum Gasteiger partial charge on any atom is 0.167 e. The van der Waals surface area contributed by atoms with Crippen LogP contribution in [0.4, 0.5) is 17.6 Å². The molecular formula is C14H8F4O. The van der Waals surface area contributed by atoms with E-state index in [2.05, 4.69) is 0 Å². The van der Waals surface area contributed by atoms with Gasteiger partial charge in [-0.1, -0.05) is 12.1 Å². The van der Waals surface area contributed by atoms with E-state index in [1.165, 1.54) is 12.1 Å². The third kappa shape index (κ3) is 2.81. The van der Waals surface area contributed by atoms with Crippen molar-refractivity contribution in [2.75, 3.05) is 0 Å². The first-order valence-electron chi connectivity index (χ1n) is 5.40.